The Hall–Kier alpha value is -2.60. The average molecular weight is 409 g/mol. The van der Waals surface area contributed by atoms with Crippen LogP contribution in [0.1, 0.15) is 41.8 Å². The molecule has 0 spiro atoms. The van der Waals surface area contributed by atoms with E-state index >= 15 is 0 Å². The smallest absolute Gasteiger partial charge is 0.253 e. The molecule has 0 aliphatic heterocycles. The van der Waals surface area contributed by atoms with E-state index < -0.39 is 0 Å². The maximum Gasteiger partial charge on any atom is 0.253 e. The summed E-state index contributed by atoms with van der Waals surface area (Å²) in [5, 5.41) is 9.72. The molecule has 5 nitrogen and oxygen atoms in total. The van der Waals surface area contributed by atoms with Crippen LogP contribution >= 0.6 is 11.8 Å². The average Bonchev–Trinajstić information content (AvgIpc) is 3.15. The normalized spacial score (nSPS) is 10.9. The maximum absolute atomic E-state index is 12.5. The topological polar surface area (TPSA) is 51.0 Å². The fraction of sp³-hybridized carbons (Fsp3) is 0.348. The molecule has 0 radical (unpaired) electrons. The van der Waals surface area contributed by atoms with Crippen molar-refractivity contribution < 1.29 is 4.79 Å². The molecular weight excluding hydrogens is 380 g/mol. The third-order valence-electron chi connectivity index (χ3n) is 4.79. The quantitative estimate of drug-likeness (QED) is 0.490. The Morgan fingerprint density at radius 1 is 1.10 bits per heavy atom. The molecule has 2 aromatic carbocycles. The summed E-state index contributed by atoms with van der Waals surface area (Å²) in [6.45, 7) is 7.83. The van der Waals surface area contributed by atoms with Crippen molar-refractivity contribution in [2.75, 3.05) is 13.6 Å². The van der Waals surface area contributed by atoms with Crippen molar-refractivity contribution in [3.05, 3.63) is 65.2 Å². The molecule has 0 saturated heterocycles. The molecule has 3 aromatic rings. The Balaban J connectivity index is 1.74. The second-order valence-corrected chi connectivity index (χ2v) is 8.07. The summed E-state index contributed by atoms with van der Waals surface area (Å²) in [6, 6.07) is 16.2. The summed E-state index contributed by atoms with van der Waals surface area (Å²) < 4.78 is 2.14. The zero-order valence-corrected chi connectivity index (χ0v) is 18.4. The van der Waals surface area contributed by atoms with Crippen molar-refractivity contribution in [1.82, 2.24) is 19.7 Å². The number of carbonyl (C=O) groups is 1. The SMILES string of the molecule is CCCN(C)C(=O)c1cccc(CSc2nnc(-c3ccc(C)cc3)n2CC)c1. The highest BCUT2D eigenvalue weighted by atomic mass is 32.2. The number of rotatable bonds is 8. The summed E-state index contributed by atoms with van der Waals surface area (Å²) in [6.07, 6.45) is 0.952. The standard InChI is InChI=1S/C23H28N4OS/c1-5-14-26(4)22(28)20-9-7-8-18(15-20)16-29-23-25-24-21(27(23)6-2)19-12-10-17(3)11-13-19/h7-13,15H,5-6,14,16H2,1-4H3. The largest absolute Gasteiger partial charge is 0.342 e. The number of aromatic nitrogens is 3. The molecular formula is C23H28N4OS. The fourth-order valence-electron chi connectivity index (χ4n) is 3.20. The minimum Gasteiger partial charge on any atom is -0.342 e. The molecule has 6 heteroatoms. The summed E-state index contributed by atoms with van der Waals surface area (Å²) in [5.74, 6) is 1.70. The van der Waals surface area contributed by atoms with Crippen molar-refractivity contribution in [3.63, 3.8) is 0 Å². The van der Waals surface area contributed by atoms with E-state index in [0.717, 1.165) is 52.9 Å². The maximum atomic E-state index is 12.5. The van der Waals surface area contributed by atoms with Gasteiger partial charge in [-0.1, -0.05) is 60.6 Å². The van der Waals surface area contributed by atoms with Crippen LogP contribution in [0.5, 0.6) is 0 Å². The number of benzene rings is 2. The Morgan fingerprint density at radius 3 is 2.55 bits per heavy atom. The number of nitrogens with zero attached hydrogens (tertiary/aromatic N) is 4. The molecule has 3 rings (SSSR count). The van der Waals surface area contributed by atoms with Gasteiger partial charge in [0.05, 0.1) is 0 Å². The molecule has 0 bridgehead atoms. The van der Waals surface area contributed by atoms with Crippen LogP contribution in [-0.2, 0) is 12.3 Å². The third kappa shape index (κ3) is 5.07. The first-order chi connectivity index (χ1) is 14.0. The molecule has 0 aliphatic carbocycles. The van der Waals surface area contributed by atoms with Gasteiger partial charge in [0, 0.05) is 37.0 Å². The van der Waals surface area contributed by atoms with E-state index in [1.807, 2.05) is 25.2 Å². The van der Waals surface area contributed by atoms with Crippen LogP contribution in [0.3, 0.4) is 0 Å². The van der Waals surface area contributed by atoms with Gasteiger partial charge in [0.25, 0.3) is 5.91 Å². The molecule has 0 saturated carbocycles. The van der Waals surface area contributed by atoms with Gasteiger partial charge in [-0.15, -0.1) is 10.2 Å². The molecule has 0 atom stereocenters. The van der Waals surface area contributed by atoms with Gasteiger partial charge in [-0.2, -0.15) is 0 Å². The minimum atomic E-state index is 0.0667. The number of thioether (sulfide) groups is 1. The van der Waals surface area contributed by atoms with Crippen LogP contribution in [-0.4, -0.2) is 39.2 Å². The Bertz CT molecular complexity index is 965. The Kier molecular flexibility index (Phi) is 7.09. The first-order valence-corrected chi connectivity index (χ1v) is 11.0. The van der Waals surface area contributed by atoms with Gasteiger partial charge in [0.1, 0.15) is 0 Å². The van der Waals surface area contributed by atoms with Gasteiger partial charge in [-0.05, 0) is 38.0 Å². The van der Waals surface area contributed by atoms with E-state index in [-0.39, 0.29) is 5.91 Å². The van der Waals surface area contributed by atoms with Crippen molar-refractivity contribution in [2.24, 2.45) is 0 Å². The lowest BCUT2D eigenvalue weighted by Gasteiger charge is -2.16. The predicted octanol–water partition coefficient (Wildman–Crippen LogP) is 5.05. The highest BCUT2D eigenvalue weighted by Gasteiger charge is 2.14. The highest BCUT2D eigenvalue weighted by molar-refractivity contribution is 7.98. The molecule has 0 N–H and O–H groups in total. The van der Waals surface area contributed by atoms with Crippen molar-refractivity contribution in [2.45, 2.75) is 44.6 Å². The van der Waals surface area contributed by atoms with Gasteiger partial charge in [0.2, 0.25) is 0 Å². The molecule has 29 heavy (non-hydrogen) atoms. The van der Waals surface area contributed by atoms with E-state index in [1.54, 1.807) is 16.7 Å². The molecule has 0 aliphatic rings. The molecule has 152 valence electrons. The van der Waals surface area contributed by atoms with E-state index in [9.17, 15) is 4.79 Å². The third-order valence-corrected chi connectivity index (χ3v) is 5.83. The van der Waals surface area contributed by atoms with Gasteiger partial charge in [-0.25, -0.2) is 0 Å². The summed E-state index contributed by atoms with van der Waals surface area (Å²) in [7, 11) is 1.85. The van der Waals surface area contributed by atoms with Crippen molar-refractivity contribution in [1.29, 1.82) is 0 Å². The first-order valence-electron chi connectivity index (χ1n) is 10.0. The van der Waals surface area contributed by atoms with E-state index in [4.69, 9.17) is 0 Å². The van der Waals surface area contributed by atoms with Crippen molar-refractivity contribution in [3.8, 4) is 11.4 Å². The van der Waals surface area contributed by atoms with Crippen LogP contribution < -0.4 is 0 Å². The summed E-state index contributed by atoms with van der Waals surface area (Å²) in [5.41, 5.74) is 4.14. The van der Waals surface area contributed by atoms with Crippen LogP contribution in [0.4, 0.5) is 0 Å². The first kappa shape index (κ1) is 21.1. The molecule has 1 aromatic heterocycles. The summed E-state index contributed by atoms with van der Waals surface area (Å²) >= 11 is 1.65. The van der Waals surface area contributed by atoms with E-state index in [2.05, 4.69) is 65.9 Å². The zero-order valence-electron chi connectivity index (χ0n) is 17.6. The lowest BCUT2D eigenvalue weighted by Crippen LogP contribution is -2.27. The van der Waals surface area contributed by atoms with Crippen molar-refractivity contribution >= 4 is 17.7 Å². The molecule has 0 unspecified atom stereocenters. The zero-order chi connectivity index (χ0) is 20.8. The van der Waals surface area contributed by atoms with Gasteiger partial charge in [-0.3, -0.25) is 4.79 Å². The van der Waals surface area contributed by atoms with Gasteiger partial charge >= 0.3 is 0 Å². The Morgan fingerprint density at radius 2 is 1.86 bits per heavy atom. The van der Waals surface area contributed by atoms with E-state index in [0.29, 0.717) is 0 Å². The molecule has 1 heterocycles. The Labute approximate surface area is 177 Å². The van der Waals surface area contributed by atoms with Crippen LogP contribution in [0, 0.1) is 6.92 Å². The second-order valence-electron chi connectivity index (χ2n) is 7.13. The number of amides is 1. The monoisotopic (exact) mass is 408 g/mol. The van der Waals surface area contributed by atoms with Crippen LogP contribution in [0.2, 0.25) is 0 Å². The number of aryl methyl sites for hydroxylation is 1. The lowest BCUT2D eigenvalue weighted by molar-refractivity contribution is 0.0795. The lowest BCUT2D eigenvalue weighted by atomic mass is 10.1. The van der Waals surface area contributed by atoms with Crippen LogP contribution in [0.25, 0.3) is 11.4 Å². The minimum absolute atomic E-state index is 0.0667. The molecule has 1 amide bonds. The predicted molar refractivity (Wildman–Crippen MR) is 119 cm³/mol. The number of hydrogen-bond acceptors (Lipinski definition) is 4. The highest BCUT2D eigenvalue weighted by Crippen LogP contribution is 2.27. The summed E-state index contributed by atoms with van der Waals surface area (Å²) in [4.78, 5) is 14.3. The fourth-order valence-corrected chi connectivity index (χ4v) is 4.14. The number of carbonyl (C=O) groups excluding carboxylic acids is 1. The van der Waals surface area contributed by atoms with E-state index in [1.165, 1.54) is 5.56 Å². The molecule has 0 fully saturated rings. The van der Waals surface area contributed by atoms with Crippen LogP contribution in [0.15, 0.2) is 53.7 Å². The van der Waals surface area contributed by atoms with Gasteiger partial charge < -0.3 is 9.47 Å². The second kappa shape index (κ2) is 9.74. The number of hydrogen-bond donors (Lipinski definition) is 0. The van der Waals surface area contributed by atoms with Gasteiger partial charge in [0.15, 0.2) is 11.0 Å².